The number of nitrogens with two attached hydrogens (primary N) is 1. The molecule has 1 aromatic rings. The van der Waals surface area contributed by atoms with Crippen molar-refractivity contribution in [2.24, 2.45) is 11.7 Å². The van der Waals surface area contributed by atoms with E-state index in [2.05, 4.69) is 17.6 Å². The molecule has 1 aliphatic heterocycles. The molecular formula is C13H21N3O6S. The summed E-state index contributed by atoms with van der Waals surface area (Å²) in [6.45, 7) is 0.153. The minimum atomic E-state index is -1.12. The summed E-state index contributed by atoms with van der Waals surface area (Å²) in [5.41, 5.74) is 4.35. The van der Waals surface area contributed by atoms with Gasteiger partial charge in [-0.2, -0.15) is 12.6 Å². The molecule has 1 fully saturated rings. The lowest BCUT2D eigenvalue weighted by Crippen LogP contribution is -2.40. The van der Waals surface area contributed by atoms with E-state index in [0.717, 1.165) is 10.6 Å². The predicted octanol–water partition coefficient (Wildman–Crippen LogP) is -2.32. The molecule has 10 heteroatoms. The number of thiol groups is 1. The van der Waals surface area contributed by atoms with Gasteiger partial charge in [0.05, 0.1) is 13.2 Å². The number of nitrogens with zero attached hydrogens (tertiary/aromatic N) is 1. The molecular weight excluding hydrogens is 326 g/mol. The number of aromatic nitrogens is 2. The number of H-pyrrole nitrogens is 1. The van der Waals surface area contributed by atoms with Gasteiger partial charge in [-0.1, -0.05) is 0 Å². The molecule has 2 heterocycles. The van der Waals surface area contributed by atoms with Crippen LogP contribution in [-0.2, 0) is 9.47 Å². The normalized spacial score (nSPS) is 28.9. The van der Waals surface area contributed by atoms with Crippen molar-refractivity contribution in [3.05, 3.63) is 33.1 Å². The fourth-order valence-electron chi connectivity index (χ4n) is 2.34. The molecule has 0 spiro atoms. The second-order valence-corrected chi connectivity index (χ2v) is 5.70. The number of ether oxygens (including phenoxy) is 2. The third-order valence-electron chi connectivity index (χ3n) is 3.73. The average molecular weight is 347 g/mol. The van der Waals surface area contributed by atoms with Gasteiger partial charge in [0.25, 0.3) is 5.56 Å². The third-order valence-corrected chi connectivity index (χ3v) is 4.25. The maximum absolute atomic E-state index is 11.9. The minimum Gasteiger partial charge on any atom is -0.394 e. The van der Waals surface area contributed by atoms with Crippen molar-refractivity contribution in [1.29, 1.82) is 0 Å². The number of aliphatic hydroxyl groups excluding tert-OH is 2. The van der Waals surface area contributed by atoms with Crippen LogP contribution in [0.25, 0.3) is 0 Å². The molecule has 9 nitrogen and oxygen atoms in total. The Labute approximate surface area is 137 Å². The summed E-state index contributed by atoms with van der Waals surface area (Å²) in [5, 5.41) is 19.5. The van der Waals surface area contributed by atoms with E-state index in [1.807, 2.05) is 0 Å². The molecule has 130 valence electrons. The van der Waals surface area contributed by atoms with Gasteiger partial charge in [-0.3, -0.25) is 14.3 Å². The standard InChI is InChI=1S/C13H21N3O6S/c14-3-7(6-23)5-21-11-10(19)8(4-17)22-12(11)16-2-1-9(18)15-13(16)20/h1-2,7-8,10-12,17,19,23H,3-6,14H2,(H,15,18,20)/t7?,8-,10+,11?,12-/m1/s1. The van der Waals surface area contributed by atoms with E-state index < -0.39 is 42.4 Å². The summed E-state index contributed by atoms with van der Waals surface area (Å²) in [6, 6.07) is 1.16. The molecule has 1 saturated heterocycles. The molecule has 0 saturated carbocycles. The van der Waals surface area contributed by atoms with Gasteiger partial charge in [0.15, 0.2) is 6.23 Å². The zero-order valence-electron chi connectivity index (χ0n) is 12.4. The summed E-state index contributed by atoms with van der Waals surface area (Å²) in [7, 11) is 0. The quantitative estimate of drug-likeness (QED) is 0.349. The smallest absolute Gasteiger partial charge is 0.330 e. The lowest BCUT2D eigenvalue weighted by molar-refractivity contribution is -0.0796. The molecule has 5 N–H and O–H groups in total. The Morgan fingerprint density at radius 3 is 2.83 bits per heavy atom. The predicted molar refractivity (Wildman–Crippen MR) is 84.5 cm³/mol. The topological polar surface area (TPSA) is 140 Å². The molecule has 0 aromatic carbocycles. The lowest BCUT2D eigenvalue weighted by Gasteiger charge is -2.24. The zero-order chi connectivity index (χ0) is 17.0. The van der Waals surface area contributed by atoms with Gasteiger partial charge < -0.3 is 25.4 Å². The Balaban J connectivity index is 2.23. The van der Waals surface area contributed by atoms with Crippen LogP contribution in [0.2, 0.25) is 0 Å². The first-order chi connectivity index (χ1) is 11.0. The fourth-order valence-corrected chi connectivity index (χ4v) is 2.60. The molecule has 1 aromatic heterocycles. The Bertz CT molecular complexity index is 616. The Morgan fingerprint density at radius 2 is 2.26 bits per heavy atom. The highest BCUT2D eigenvalue weighted by Crippen LogP contribution is 2.30. The maximum atomic E-state index is 11.9. The van der Waals surface area contributed by atoms with Crippen LogP contribution in [0.3, 0.4) is 0 Å². The average Bonchev–Trinajstić information content (AvgIpc) is 2.84. The largest absolute Gasteiger partial charge is 0.394 e. The summed E-state index contributed by atoms with van der Waals surface area (Å²) in [6.07, 6.45) is -2.61. The van der Waals surface area contributed by atoms with Gasteiger partial charge in [0.2, 0.25) is 0 Å². The molecule has 0 bridgehead atoms. The molecule has 1 aliphatic rings. The highest BCUT2D eigenvalue weighted by molar-refractivity contribution is 7.80. The summed E-state index contributed by atoms with van der Waals surface area (Å²) < 4.78 is 12.3. The van der Waals surface area contributed by atoms with Gasteiger partial charge in [0.1, 0.15) is 18.3 Å². The number of hydrogen-bond acceptors (Lipinski definition) is 8. The van der Waals surface area contributed by atoms with Crippen LogP contribution >= 0.6 is 12.6 Å². The van der Waals surface area contributed by atoms with Crippen molar-refractivity contribution in [3.8, 4) is 0 Å². The number of aliphatic hydroxyl groups is 2. The van der Waals surface area contributed by atoms with Crippen molar-refractivity contribution in [2.45, 2.75) is 24.5 Å². The van der Waals surface area contributed by atoms with Gasteiger partial charge >= 0.3 is 5.69 Å². The van der Waals surface area contributed by atoms with Crippen molar-refractivity contribution in [3.63, 3.8) is 0 Å². The lowest BCUT2D eigenvalue weighted by atomic mass is 10.1. The first-order valence-corrected chi connectivity index (χ1v) is 7.83. The van der Waals surface area contributed by atoms with Crippen molar-refractivity contribution in [2.75, 3.05) is 25.5 Å². The second kappa shape index (κ2) is 8.08. The summed E-state index contributed by atoms with van der Waals surface area (Å²) in [5.74, 6) is 0.485. The maximum Gasteiger partial charge on any atom is 0.330 e. The molecule has 0 radical (unpaired) electrons. The summed E-state index contributed by atoms with van der Waals surface area (Å²) >= 11 is 4.16. The molecule has 0 aliphatic carbocycles. The molecule has 0 amide bonds. The van der Waals surface area contributed by atoms with Crippen LogP contribution in [-0.4, -0.2) is 63.6 Å². The van der Waals surface area contributed by atoms with E-state index in [1.54, 1.807) is 0 Å². The van der Waals surface area contributed by atoms with Crippen LogP contribution < -0.4 is 17.0 Å². The monoisotopic (exact) mass is 347 g/mol. The van der Waals surface area contributed by atoms with Gasteiger partial charge in [-0.05, 0) is 12.3 Å². The van der Waals surface area contributed by atoms with E-state index >= 15 is 0 Å². The number of hydrogen-bond donors (Lipinski definition) is 5. The second-order valence-electron chi connectivity index (χ2n) is 5.34. The van der Waals surface area contributed by atoms with E-state index in [0.29, 0.717) is 12.3 Å². The van der Waals surface area contributed by atoms with Crippen molar-refractivity contribution >= 4 is 12.6 Å². The molecule has 2 rings (SSSR count). The Kier molecular flexibility index (Phi) is 6.39. The Hall–Kier alpha value is -1.17. The third kappa shape index (κ3) is 4.03. The van der Waals surface area contributed by atoms with Gasteiger partial charge in [-0.15, -0.1) is 0 Å². The SMILES string of the molecule is NCC(CS)COC1[C@@H](O)[C@@H](CO)O[C@H]1n1ccc(=O)[nH]c1=O. The van der Waals surface area contributed by atoms with E-state index in [-0.39, 0.29) is 12.5 Å². The van der Waals surface area contributed by atoms with Crippen LogP contribution in [0.1, 0.15) is 6.23 Å². The molecule has 5 atom stereocenters. The highest BCUT2D eigenvalue weighted by Gasteiger charge is 2.45. The number of nitrogens with one attached hydrogen (secondary N) is 1. The minimum absolute atomic E-state index is 0.0216. The number of rotatable bonds is 7. The number of aromatic amines is 1. The first-order valence-electron chi connectivity index (χ1n) is 7.20. The Morgan fingerprint density at radius 1 is 1.52 bits per heavy atom. The van der Waals surface area contributed by atoms with Gasteiger partial charge in [0, 0.05) is 18.2 Å². The summed E-state index contributed by atoms with van der Waals surface area (Å²) in [4.78, 5) is 25.2. The van der Waals surface area contributed by atoms with E-state index in [1.165, 1.54) is 6.20 Å². The molecule has 23 heavy (non-hydrogen) atoms. The van der Waals surface area contributed by atoms with Crippen LogP contribution in [0.15, 0.2) is 21.9 Å². The fraction of sp³-hybridized carbons (Fsp3) is 0.692. The van der Waals surface area contributed by atoms with Gasteiger partial charge in [-0.25, -0.2) is 4.79 Å². The van der Waals surface area contributed by atoms with E-state index in [4.69, 9.17) is 15.2 Å². The highest BCUT2D eigenvalue weighted by atomic mass is 32.1. The molecule has 2 unspecified atom stereocenters. The van der Waals surface area contributed by atoms with Crippen LogP contribution in [0.4, 0.5) is 0 Å². The first kappa shape index (κ1) is 18.2. The zero-order valence-corrected chi connectivity index (χ0v) is 13.3. The van der Waals surface area contributed by atoms with Crippen molar-refractivity contribution < 1.29 is 19.7 Å². The van der Waals surface area contributed by atoms with Crippen LogP contribution in [0, 0.1) is 5.92 Å². The van der Waals surface area contributed by atoms with E-state index in [9.17, 15) is 19.8 Å². The van der Waals surface area contributed by atoms with Crippen LogP contribution in [0.5, 0.6) is 0 Å². The van der Waals surface area contributed by atoms with Crippen molar-refractivity contribution in [1.82, 2.24) is 9.55 Å².